The minimum Gasteiger partial charge on any atom is -0.480 e. The molecule has 35 heavy (non-hydrogen) atoms. The van der Waals surface area contributed by atoms with Crippen molar-refractivity contribution in [3.8, 4) is 18.2 Å². The van der Waals surface area contributed by atoms with Gasteiger partial charge in [0, 0.05) is 22.6 Å². The first-order valence-electron chi connectivity index (χ1n) is 11.1. The Morgan fingerprint density at radius 1 is 0.743 bits per heavy atom. The maximum Gasteiger partial charge on any atom is 0.172 e. The van der Waals surface area contributed by atoms with E-state index in [-0.39, 0.29) is 16.9 Å². The first-order valence-corrected chi connectivity index (χ1v) is 11.1. The Balaban J connectivity index is 1.69. The summed E-state index contributed by atoms with van der Waals surface area (Å²) in [5, 5.41) is 28.2. The van der Waals surface area contributed by atoms with Crippen molar-refractivity contribution < 1.29 is 4.74 Å². The molecule has 1 heterocycles. The first-order chi connectivity index (χ1) is 17.0. The quantitative estimate of drug-likeness (QED) is 0.384. The molecule has 0 amide bonds. The number of nitrogens with zero attached hydrogens (tertiary/aromatic N) is 4. The van der Waals surface area contributed by atoms with Gasteiger partial charge in [-0.1, -0.05) is 60.7 Å². The number of nitriles is 3. The van der Waals surface area contributed by atoms with Crippen LogP contribution in [0.1, 0.15) is 19.4 Å². The minimum absolute atomic E-state index is 0.0406. The molecule has 4 rings (SSSR count). The molecule has 0 spiro atoms. The van der Waals surface area contributed by atoms with E-state index < -0.39 is 5.60 Å². The predicted molar refractivity (Wildman–Crippen MR) is 136 cm³/mol. The Bertz CT molecular complexity index is 1390. The topological polar surface area (TPSA) is 83.8 Å². The third-order valence-corrected chi connectivity index (χ3v) is 5.69. The average Bonchev–Trinajstić information content (AvgIpc) is 3.15. The van der Waals surface area contributed by atoms with Crippen LogP contribution in [-0.4, -0.2) is 5.60 Å². The van der Waals surface area contributed by atoms with Crippen LogP contribution >= 0.6 is 0 Å². The predicted octanol–water partition coefficient (Wildman–Crippen LogP) is 7.10. The van der Waals surface area contributed by atoms with Crippen LogP contribution in [0.2, 0.25) is 0 Å². The van der Waals surface area contributed by atoms with Crippen molar-refractivity contribution in [1.82, 2.24) is 0 Å². The molecule has 0 atom stereocenters. The summed E-state index contributed by atoms with van der Waals surface area (Å²) in [4.78, 5) is 2.18. The van der Waals surface area contributed by atoms with Crippen molar-refractivity contribution in [2.24, 2.45) is 0 Å². The molecule has 0 aromatic heterocycles. The lowest BCUT2D eigenvalue weighted by molar-refractivity contribution is 0.0954. The molecule has 0 saturated heterocycles. The Morgan fingerprint density at radius 3 is 1.74 bits per heavy atom. The van der Waals surface area contributed by atoms with Crippen LogP contribution in [-0.2, 0) is 4.74 Å². The fraction of sp³-hybridized carbons (Fsp3) is 0.100. The molecule has 0 radical (unpaired) electrons. The molecular formula is C30H22N4O. The van der Waals surface area contributed by atoms with Gasteiger partial charge in [-0.15, -0.1) is 0 Å². The van der Waals surface area contributed by atoms with Gasteiger partial charge in [-0.3, -0.25) is 0 Å². The number of hydrogen-bond acceptors (Lipinski definition) is 5. The first kappa shape index (κ1) is 23.1. The number of benzene rings is 3. The van der Waals surface area contributed by atoms with Crippen LogP contribution in [0, 0.1) is 34.0 Å². The van der Waals surface area contributed by atoms with Crippen LogP contribution in [0.25, 0.3) is 6.08 Å². The van der Waals surface area contributed by atoms with Gasteiger partial charge in [0.1, 0.15) is 29.4 Å². The maximum absolute atomic E-state index is 9.71. The number of allylic oxidation sites excluding steroid dienone is 2. The summed E-state index contributed by atoms with van der Waals surface area (Å²) < 4.78 is 5.83. The number of para-hydroxylation sites is 2. The molecule has 0 N–H and O–H groups in total. The van der Waals surface area contributed by atoms with E-state index in [1.165, 1.54) is 0 Å². The Hall–Kier alpha value is -5.05. The second-order valence-electron chi connectivity index (χ2n) is 8.37. The second kappa shape index (κ2) is 9.84. The summed E-state index contributed by atoms with van der Waals surface area (Å²) in [6, 6.07) is 34.2. The van der Waals surface area contributed by atoms with Crippen molar-refractivity contribution in [3.63, 3.8) is 0 Å². The number of hydrogen-bond donors (Lipinski definition) is 0. The lowest BCUT2D eigenvalue weighted by Gasteiger charge is -2.25. The fourth-order valence-electron chi connectivity index (χ4n) is 4.00. The summed E-state index contributed by atoms with van der Waals surface area (Å²) >= 11 is 0. The highest BCUT2D eigenvalue weighted by Gasteiger charge is 2.38. The molecule has 168 valence electrons. The number of rotatable bonds is 5. The van der Waals surface area contributed by atoms with Gasteiger partial charge in [-0.05, 0) is 55.8 Å². The van der Waals surface area contributed by atoms with Gasteiger partial charge in [0.25, 0.3) is 0 Å². The highest BCUT2D eigenvalue weighted by molar-refractivity contribution is 5.77. The zero-order valence-electron chi connectivity index (χ0n) is 19.4. The summed E-state index contributed by atoms with van der Waals surface area (Å²) in [6.45, 7) is 3.62. The third kappa shape index (κ3) is 4.69. The molecule has 5 nitrogen and oxygen atoms in total. The fourth-order valence-corrected chi connectivity index (χ4v) is 4.00. The SMILES string of the molecule is CC1(C)OC(=C(C#N)C#N)C(C#N)=C1C=Cc1ccc(N(c2ccccc2)c2ccccc2)cc1. The van der Waals surface area contributed by atoms with E-state index in [1.807, 2.05) is 98.8 Å². The van der Waals surface area contributed by atoms with E-state index in [9.17, 15) is 15.8 Å². The van der Waals surface area contributed by atoms with Gasteiger partial charge >= 0.3 is 0 Å². The van der Waals surface area contributed by atoms with E-state index in [2.05, 4.69) is 35.2 Å². The summed E-state index contributed by atoms with van der Waals surface area (Å²) in [5.74, 6) is 0.0406. The van der Waals surface area contributed by atoms with E-state index >= 15 is 0 Å². The Labute approximate surface area is 205 Å². The van der Waals surface area contributed by atoms with Gasteiger partial charge < -0.3 is 9.64 Å². The van der Waals surface area contributed by atoms with Gasteiger partial charge in [-0.2, -0.15) is 15.8 Å². The van der Waals surface area contributed by atoms with Crippen LogP contribution in [0.4, 0.5) is 17.1 Å². The maximum atomic E-state index is 9.71. The second-order valence-corrected chi connectivity index (χ2v) is 8.37. The highest BCUT2D eigenvalue weighted by atomic mass is 16.5. The lowest BCUT2D eigenvalue weighted by Crippen LogP contribution is -2.20. The molecule has 0 bridgehead atoms. The van der Waals surface area contributed by atoms with Crippen molar-refractivity contribution in [2.75, 3.05) is 4.90 Å². The zero-order chi connectivity index (χ0) is 24.8. The number of ether oxygens (including phenoxy) is 1. The molecule has 5 heteroatoms. The highest BCUT2D eigenvalue weighted by Crippen LogP contribution is 2.40. The van der Waals surface area contributed by atoms with Crippen molar-refractivity contribution >= 4 is 23.1 Å². The van der Waals surface area contributed by atoms with Crippen molar-refractivity contribution in [3.05, 3.63) is 119 Å². The molecular weight excluding hydrogens is 432 g/mol. The van der Waals surface area contributed by atoms with Crippen molar-refractivity contribution in [1.29, 1.82) is 15.8 Å². The van der Waals surface area contributed by atoms with E-state index in [0.29, 0.717) is 5.57 Å². The van der Waals surface area contributed by atoms with Gasteiger partial charge in [0.15, 0.2) is 11.3 Å². The molecule has 0 unspecified atom stereocenters. The third-order valence-electron chi connectivity index (χ3n) is 5.69. The van der Waals surface area contributed by atoms with Crippen LogP contribution in [0.5, 0.6) is 0 Å². The monoisotopic (exact) mass is 454 g/mol. The van der Waals surface area contributed by atoms with Crippen LogP contribution < -0.4 is 4.90 Å². The summed E-state index contributed by atoms with van der Waals surface area (Å²) in [5.41, 5.74) is 3.85. The van der Waals surface area contributed by atoms with Gasteiger partial charge in [0.05, 0.1) is 0 Å². The van der Waals surface area contributed by atoms with Gasteiger partial charge in [-0.25, -0.2) is 0 Å². The molecule has 0 saturated carbocycles. The number of anilines is 3. The van der Waals surface area contributed by atoms with Gasteiger partial charge in [0.2, 0.25) is 0 Å². The Kier molecular flexibility index (Phi) is 6.50. The summed E-state index contributed by atoms with van der Waals surface area (Å²) in [7, 11) is 0. The van der Waals surface area contributed by atoms with E-state index in [4.69, 9.17) is 4.74 Å². The van der Waals surface area contributed by atoms with E-state index in [0.717, 1.165) is 22.6 Å². The summed E-state index contributed by atoms with van der Waals surface area (Å²) in [6.07, 6.45) is 3.72. The van der Waals surface area contributed by atoms with Crippen LogP contribution in [0.3, 0.4) is 0 Å². The Morgan fingerprint density at radius 2 is 1.26 bits per heavy atom. The van der Waals surface area contributed by atoms with Crippen LogP contribution in [0.15, 0.2) is 113 Å². The standard InChI is InChI=1S/C30H22N4O/c1-30(2)28(27(21-33)29(35-30)23(19-31)20-32)18-15-22-13-16-26(17-14-22)34(24-9-5-3-6-10-24)25-11-7-4-8-12-25/h3-18H,1-2H3. The van der Waals surface area contributed by atoms with E-state index in [1.54, 1.807) is 0 Å². The lowest BCUT2D eigenvalue weighted by atomic mass is 9.94. The minimum atomic E-state index is -0.840. The largest absolute Gasteiger partial charge is 0.480 e. The smallest absolute Gasteiger partial charge is 0.172 e. The molecule has 0 aliphatic carbocycles. The molecule has 3 aromatic carbocycles. The molecule has 3 aromatic rings. The zero-order valence-corrected chi connectivity index (χ0v) is 19.4. The molecule has 0 fully saturated rings. The van der Waals surface area contributed by atoms with Crippen molar-refractivity contribution in [2.45, 2.75) is 19.4 Å². The molecule has 1 aliphatic rings. The molecule has 1 aliphatic heterocycles. The average molecular weight is 455 g/mol. The normalized spacial score (nSPS) is 14.1.